The monoisotopic (exact) mass is 412 g/mol. The summed E-state index contributed by atoms with van der Waals surface area (Å²) in [6, 6.07) is 5.86. The Hall–Kier alpha value is -0.110. The Morgan fingerprint density at radius 3 is 2.64 bits per heavy atom. The van der Waals surface area contributed by atoms with E-state index in [9.17, 15) is 4.79 Å². The van der Waals surface area contributed by atoms with E-state index in [2.05, 4.69) is 45.2 Å². The second kappa shape index (κ2) is 3.80. The number of rotatable bonds is 0. The Kier molecular flexibility index (Phi) is 2.83. The van der Waals surface area contributed by atoms with Crippen molar-refractivity contribution in [2.24, 2.45) is 0 Å². The van der Waals surface area contributed by atoms with E-state index in [1.807, 2.05) is 18.2 Å². The molecule has 72 valence electrons. The first-order valence-electron chi connectivity index (χ1n) is 3.97. The zero-order chi connectivity index (χ0) is 10.3. The molecule has 2 nitrogen and oxygen atoms in total. The number of hydrogen-bond acceptors (Lipinski definition) is 2. The van der Waals surface area contributed by atoms with Gasteiger partial charge in [0, 0.05) is 14.5 Å². The fraction of sp³-hybridized carbons (Fsp3) is 0.100. The smallest absolute Gasteiger partial charge is 0.339 e. The van der Waals surface area contributed by atoms with E-state index in [0.717, 1.165) is 12.5 Å². The second-order valence-electron chi connectivity index (χ2n) is 3.02. The van der Waals surface area contributed by atoms with Crippen molar-refractivity contribution in [1.29, 1.82) is 0 Å². The summed E-state index contributed by atoms with van der Waals surface area (Å²) in [5.41, 5.74) is 1.08. The maximum atomic E-state index is 11.3. The Bertz CT molecular complexity index is 558. The molecular formula is C10H6I2O2. The van der Waals surface area contributed by atoms with Crippen LogP contribution in [0.1, 0.15) is 5.56 Å². The molecule has 0 amide bonds. The van der Waals surface area contributed by atoms with Crippen LogP contribution in [0.5, 0.6) is 0 Å². The van der Waals surface area contributed by atoms with Gasteiger partial charge in [-0.3, -0.25) is 0 Å². The standard InChI is InChI=1S/C10H6I2O2/c1-5-2-6-3-7(11)4-8(12)9(6)14-10(5)13/h2-4H,1H3. The molecule has 0 bridgehead atoms. The van der Waals surface area contributed by atoms with Gasteiger partial charge in [0.05, 0.1) is 3.57 Å². The average molecular weight is 412 g/mol. The van der Waals surface area contributed by atoms with Gasteiger partial charge in [-0.15, -0.1) is 0 Å². The number of hydrogen-bond donors (Lipinski definition) is 0. The van der Waals surface area contributed by atoms with Crippen LogP contribution in [0, 0.1) is 14.1 Å². The fourth-order valence-corrected chi connectivity index (χ4v) is 3.26. The van der Waals surface area contributed by atoms with Crippen molar-refractivity contribution in [2.75, 3.05) is 0 Å². The zero-order valence-electron chi connectivity index (χ0n) is 7.30. The van der Waals surface area contributed by atoms with Crippen molar-refractivity contribution in [3.8, 4) is 0 Å². The summed E-state index contributed by atoms with van der Waals surface area (Å²) < 4.78 is 7.33. The van der Waals surface area contributed by atoms with E-state index in [-0.39, 0.29) is 5.63 Å². The minimum atomic E-state index is -0.253. The van der Waals surface area contributed by atoms with E-state index in [0.29, 0.717) is 11.1 Å². The first-order chi connectivity index (χ1) is 6.58. The van der Waals surface area contributed by atoms with E-state index in [1.54, 1.807) is 6.92 Å². The predicted molar refractivity (Wildman–Crippen MR) is 72.7 cm³/mol. The lowest BCUT2D eigenvalue weighted by Gasteiger charge is -2.01. The highest BCUT2D eigenvalue weighted by Crippen LogP contribution is 2.23. The Morgan fingerprint density at radius 1 is 1.21 bits per heavy atom. The van der Waals surface area contributed by atoms with Crippen molar-refractivity contribution >= 4 is 56.2 Å². The third-order valence-electron chi connectivity index (χ3n) is 1.93. The Balaban J connectivity index is 2.96. The van der Waals surface area contributed by atoms with Crippen molar-refractivity contribution in [3.63, 3.8) is 0 Å². The summed E-state index contributed by atoms with van der Waals surface area (Å²) in [7, 11) is 0. The number of fused-ring (bicyclic) bond motifs is 1. The maximum Gasteiger partial charge on any atom is 0.339 e. The molecule has 1 aromatic heterocycles. The van der Waals surface area contributed by atoms with Gasteiger partial charge < -0.3 is 4.42 Å². The van der Waals surface area contributed by atoms with Crippen LogP contribution >= 0.6 is 45.2 Å². The summed E-state index contributed by atoms with van der Waals surface area (Å²) in [4.78, 5) is 11.3. The molecule has 0 aliphatic heterocycles. The van der Waals surface area contributed by atoms with Gasteiger partial charge in [-0.1, -0.05) is 0 Å². The average Bonchev–Trinajstić information content (AvgIpc) is 2.08. The first-order valence-corrected chi connectivity index (χ1v) is 6.13. The highest BCUT2D eigenvalue weighted by Gasteiger charge is 2.05. The molecule has 4 heteroatoms. The van der Waals surface area contributed by atoms with E-state index in [4.69, 9.17) is 4.42 Å². The predicted octanol–water partition coefficient (Wildman–Crippen LogP) is 3.31. The van der Waals surface area contributed by atoms with Crippen LogP contribution in [-0.2, 0) is 0 Å². The minimum absolute atomic E-state index is 0.253. The van der Waals surface area contributed by atoms with Gasteiger partial charge >= 0.3 is 5.63 Å². The van der Waals surface area contributed by atoms with Crippen LogP contribution in [0.3, 0.4) is 0 Å². The van der Waals surface area contributed by atoms with Crippen LogP contribution in [0.2, 0.25) is 0 Å². The summed E-state index contributed by atoms with van der Waals surface area (Å²) in [5, 5.41) is 0.985. The van der Waals surface area contributed by atoms with Gasteiger partial charge in [0.15, 0.2) is 5.58 Å². The highest BCUT2D eigenvalue weighted by molar-refractivity contribution is 14.1. The molecular weight excluding hydrogens is 406 g/mol. The van der Waals surface area contributed by atoms with Gasteiger partial charge in [0.1, 0.15) is 0 Å². The molecule has 0 spiro atoms. The lowest BCUT2D eigenvalue weighted by atomic mass is 10.2. The molecule has 0 atom stereocenters. The second-order valence-corrected chi connectivity index (χ2v) is 5.43. The SMILES string of the molecule is Cc1cc2cc(I)cc(I)c2oc1=O. The van der Waals surface area contributed by atoms with E-state index < -0.39 is 0 Å². The van der Waals surface area contributed by atoms with Crippen LogP contribution in [0.25, 0.3) is 11.0 Å². The molecule has 0 unspecified atom stereocenters. The molecule has 1 heterocycles. The quantitative estimate of drug-likeness (QED) is 0.491. The molecule has 0 radical (unpaired) electrons. The van der Waals surface area contributed by atoms with Crippen LogP contribution in [-0.4, -0.2) is 0 Å². The summed E-state index contributed by atoms with van der Waals surface area (Å²) in [6.45, 7) is 1.76. The third kappa shape index (κ3) is 1.81. The molecule has 2 aromatic rings. The molecule has 1 aromatic carbocycles. The topological polar surface area (TPSA) is 30.2 Å². The van der Waals surface area contributed by atoms with Gasteiger partial charge in [-0.05, 0) is 70.3 Å². The van der Waals surface area contributed by atoms with Crippen molar-refractivity contribution in [2.45, 2.75) is 6.92 Å². The van der Waals surface area contributed by atoms with Gasteiger partial charge in [-0.2, -0.15) is 0 Å². The number of aryl methyl sites for hydroxylation is 1. The molecule has 0 saturated carbocycles. The minimum Gasteiger partial charge on any atom is -0.421 e. The maximum absolute atomic E-state index is 11.3. The van der Waals surface area contributed by atoms with Gasteiger partial charge in [-0.25, -0.2) is 4.79 Å². The molecule has 0 fully saturated rings. The molecule has 0 aliphatic rings. The zero-order valence-corrected chi connectivity index (χ0v) is 11.6. The lowest BCUT2D eigenvalue weighted by Crippen LogP contribution is -2.02. The van der Waals surface area contributed by atoms with Crippen molar-refractivity contribution in [3.05, 3.63) is 41.3 Å². The highest BCUT2D eigenvalue weighted by atomic mass is 127. The molecule has 0 saturated heterocycles. The van der Waals surface area contributed by atoms with Gasteiger partial charge in [0.2, 0.25) is 0 Å². The largest absolute Gasteiger partial charge is 0.421 e. The molecule has 2 rings (SSSR count). The summed E-state index contributed by atoms with van der Waals surface area (Å²) in [5.74, 6) is 0. The Labute approximate surface area is 108 Å². The normalized spacial score (nSPS) is 10.8. The van der Waals surface area contributed by atoms with Crippen LogP contribution in [0.4, 0.5) is 0 Å². The lowest BCUT2D eigenvalue weighted by molar-refractivity contribution is 0.553. The third-order valence-corrected chi connectivity index (χ3v) is 3.35. The molecule has 0 aliphatic carbocycles. The Morgan fingerprint density at radius 2 is 1.93 bits per heavy atom. The van der Waals surface area contributed by atoms with E-state index in [1.165, 1.54) is 0 Å². The van der Waals surface area contributed by atoms with Crippen molar-refractivity contribution < 1.29 is 4.42 Å². The fourth-order valence-electron chi connectivity index (χ4n) is 1.26. The van der Waals surface area contributed by atoms with E-state index >= 15 is 0 Å². The summed E-state index contributed by atoms with van der Waals surface area (Å²) >= 11 is 4.42. The number of halogens is 2. The first kappa shape index (κ1) is 10.4. The van der Waals surface area contributed by atoms with Crippen molar-refractivity contribution in [1.82, 2.24) is 0 Å². The summed E-state index contributed by atoms with van der Waals surface area (Å²) in [6.07, 6.45) is 0. The van der Waals surface area contributed by atoms with Crippen LogP contribution in [0.15, 0.2) is 27.4 Å². The number of benzene rings is 1. The molecule has 0 N–H and O–H groups in total. The van der Waals surface area contributed by atoms with Gasteiger partial charge in [0.25, 0.3) is 0 Å². The van der Waals surface area contributed by atoms with Crippen LogP contribution < -0.4 is 5.63 Å². The molecule has 14 heavy (non-hydrogen) atoms.